The molecule has 49 heavy (non-hydrogen) atoms. The molecule has 2 amide bonds. The second kappa shape index (κ2) is 12.9. The molecule has 0 unspecified atom stereocenters. The molecule has 4 heterocycles. The second-order valence-corrected chi connectivity index (χ2v) is 13.6. The minimum Gasteiger partial charge on any atom is -0.457 e. The van der Waals surface area contributed by atoms with Crippen LogP contribution in [-0.2, 0) is 52.1 Å². The Morgan fingerprint density at radius 1 is 0.918 bits per heavy atom. The average molecular weight is 679 g/mol. The molecule has 0 spiro atoms. The first kappa shape index (κ1) is 34.9. The average Bonchev–Trinajstić information content (AvgIpc) is 3.35. The third kappa shape index (κ3) is 7.50. The van der Waals surface area contributed by atoms with Crippen molar-refractivity contribution in [3.63, 3.8) is 0 Å². The highest BCUT2D eigenvalue weighted by atomic mass is 16.6. The van der Waals surface area contributed by atoms with Gasteiger partial charge in [0.05, 0.1) is 29.0 Å². The van der Waals surface area contributed by atoms with E-state index >= 15 is 0 Å². The molecule has 15 nitrogen and oxygen atoms in total. The summed E-state index contributed by atoms with van der Waals surface area (Å²) in [6, 6.07) is 8.24. The topological polar surface area (TPSA) is 190 Å². The van der Waals surface area contributed by atoms with Gasteiger partial charge in [0.15, 0.2) is 0 Å². The van der Waals surface area contributed by atoms with Gasteiger partial charge < -0.3 is 38.9 Å². The van der Waals surface area contributed by atoms with Crippen molar-refractivity contribution in [2.75, 3.05) is 13.1 Å². The number of nitrogens with zero attached hydrogens (tertiary/aromatic N) is 2. The smallest absolute Gasteiger partial charge is 0.408 e. The van der Waals surface area contributed by atoms with E-state index in [1.807, 2.05) is 6.07 Å². The summed E-state index contributed by atoms with van der Waals surface area (Å²) in [6.45, 7) is 10.6. The maximum absolute atomic E-state index is 13.8. The molecule has 3 aromatic rings. The standard InChI is InChI=1S/C34H38N4O11/c1-8-34(47-26(40)15-36-31(44)49-33(5,6)7)22-13-24-27-19(16-38(24)28(41)21(22)17-45-29(34)42)11-18-12-20(9-10-23(18)37-27)46-25(39)14-35-30(43)48-32(2,3)4/h9-13H,8,14-17H2,1-7H3,(H,35,43)(H,36,44)/t34-/m0/s1. The fraction of sp³-hybridized carbons (Fsp3) is 0.441. The number of fused-ring (bicyclic) bond motifs is 5. The van der Waals surface area contributed by atoms with Gasteiger partial charge in [0, 0.05) is 16.5 Å². The lowest BCUT2D eigenvalue weighted by atomic mass is 9.85. The second-order valence-electron chi connectivity index (χ2n) is 13.6. The van der Waals surface area contributed by atoms with E-state index in [-0.39, 0.29) is 36.4 Å². The van der Waals surface area contributed by atoms with Crippen molar-refractivity contribution in [2.24, 2.45) is 0 Å². The van der Waals surface area contributed by atoms with Crippen LogP contribution in [-0.4, -0.2) is 63.9 Å². The zero-order chi connectivity index (χ0) is 35.9. The summed E-state index contributed by atoms with van der Waals surface area (Å²) in [4.78, 5) is 81.1. The third-order valence-electron chi connectivity index (χ3n) is 7.52. The van der Waals surface area contributed by atoms with Crippen LogP contribution >= 0.6 is 0 Å². The number of hydrogen-bond acceptors (Lipinski definition) is 12. The lowest BCUT2D eigenvalue weighted by molar-refractivity contribution is -0.188. The van der Waals surface area contributed by atoms with Gasteiger partial charge in [-0.2, -0.15) is 0 Å². The first-order valence-electron chi connectivity index (χ1n) is 15.6. The predicted octanol–water partition coefficient (Wildman–Crippen LogP) is 3.59. The quantitative estimate of drug-likeness (QED) is 0.164. The molecule has 1 atom stereocenters. The number of carbonyl (C=O) groups excluding carboxylic acids is 5. The first-order valence-corrected chi connectivity index (χ1v) is 15.6. The number of pyridine rings is 2. The number of amides is 2. The van der Waals surface area contributed by atoms with Gasteiger partial charge >= 0.3 is 30.1 Å². The largest absolute Gasteiger partial charge is 0.457 e. The van der Waals surface area contributed by atoms with Gasteiger partial charge in [0.25, 0.3) is 5.56 Å². The molecule has 2 N–H and O–H groups in total. The van der Waals surface area contributed by atoms with Crippen molar-refractivity contribution in [1.29, 1.82) is 0 Å². The van der Waals surface area contributed by atoms with E-state index < -0.39 is 65.5 Å². The van der Waals surface area contributed by atoms with Crippen LogP contribution in [0.3, 0.4) is 0 Å². The molecule has 0 saturated carbocycles. The number of rotatable bonds is 7. The van der Waals surface area contributed by atoms with Gasteiger partial charge in [-0.25, -0.2) is 24.2 Å². The van der Waals surface area contributed by atoms with Crippen molar-refractivity contribution >= 4 is 41.0 Å². The van der Waals surface area contributed by atoms with Crippen LogP contribution in [0.15, 0.2) is 35.1 Å². The first-order chi connectivity index (χ1) is 22.9. The Kier molecular flexibility index (Phi) is 9.15. The normalized spacial score (nSPS) is 16.4. The molecule has 0 aliphatic carbocycles. The number of cyclic esters (lactones) is 1. The molecular weight excluding hydrogens is 640 g/mol. The molecule has 260 valence electrons. The number of hydrogen-bond donors (Lipinski definition) is 2. The van der Waals surface area contributed by atoms with Crippen molar-refractivity contribution < 1.29 is 47.7 Å². The minimum absolute atomic E-state index is 0.0489. The fourth-order valence-corrected chi connectivity index (χ4v) is 5.50. The molecule has 5 rings (SSSR count). The number of esters is 3. The molecule has 15 heteroatoms. The van der Waals surface area contributed by atoms with Crippen LogP contribution in [0.2, 0.25) is 0 Å². The molecule has 2 aliphatic heterocycles. The predicted molar refractivity (Wildman–Crippen MR) is 173 cm³/mol. The summed E-state index contributed by atoms with van der Waals surface area (Å²) >= 11 is 0. The molecule has 2 aromatic heterocycles. The molecule has 0 saturated heterocycles. The Balaban J connectivity index is 1.39. The SMILES string of the molecule is CC[C@@]1(OC(=O)CNC(=O)OC(C)(C)C)C(=O)OCc2c1cc1n(c2=O)Cc2cc3cc(OC(=O)CNC(=O)OC(C)(C)C)ccc3nc2-1. The van der Waals surface area contributed by atoms with Crippen LogP contribution < -0.4 is 20.9 Å². The van der Waals surface area contributed by atoms with Gasteiger partial charge in [0.1, 0.15) is 36.6 Å². The summed E-state index contributed by atoms with van der Waals surface area (Å²) in [6.07, 6.45) is -1.64. The van der Waals surface area contributed by atoms with E-state index in [1.54, 1.807) is 72.7 Å². The van der Waals surface area contributed by atoms with E-state index in [0.29, 0.717) is 27.9 Å². The van der Waals surface area contributed by atoms with Gasteiger partial charge in [-0.15, -0.1) is 0 Å². The summed E-state index contributed by atoms with van der Waals surface area (Å²) in [7, 11) is 0. The number of nitrogens with one attached hydrogen (secondary N) is 2. The zero-order valence-electron chi connectivity index (χ0n) is 28.3. The molecule has 0 bridgehead atoms. The molecule has 0 fully saturated rings. The van der Waals surface area contributed by atoms with Crippen LogP contribution in [0.5, 0.6) is 5.75 Å². The summed E-state index contributed by atoms with van der Waals surface area (Å²) in [5.74, 6) is -2.26. The van der Waals surface area contributed by atoms with Crippen LogP contribution in [0.1, 0.15) is 71.6 Å². The molecule has 2 aliphatic rings. The van der Waals surface area contributed by atoms with Crippen LogP contribution in [0.25, 0.3) is 22.3 Å². The van der Waals surface area contributed by atoms with Crippen LogP contribution in [0.4, 0.5) is 9.59 Å². The Labute approximate surface area is 281 Å². The fourth-order valence-electron chi connectivity index (χ4n) is 5.50. The number of aromatic nitrogens is 2. The van der Waals surface area contributed by atoms with Crippen molar-refractivity contribution in [1.82, 2.24) is 20.2 Å². The number of carbonyl (C=O) groups is 5. The summed E-state index contributed by atoms with van der Waals surface area (Å²) < 4.78 is 28.2. The lowest BCUT2D eigenvalue weighted by Gasteiger charge is -2.35. The van der Waals surface area contributed by atoms with Crippen molar-refractivity contribution in [2.45, 2.75) is 84.8 Å². The highest BCUT2D eigenvalue weighted by Crippen LogP contribution is 2.41. The molecular formula is C34H38N4O11. The van der Waals surface area contributed by atoms with E-state index in [4.69, 9.17) is 28.7 Å². The van der Waals surface area contributed by atoms with E-state index in [9.17, 15) is 28.8 Å². The number of benzene rings is 1. The lowest BCUT2D eigenvalue weighted by Crippen LogP contribution is -2.49. The van der Waals surface area contributed by atoms with E-state index in [1.165, 1.54) is 4.57 Å². The summed E-state index contributed by atoms with van der Waals surface area (Å²) in [5.41, 5.74) is -1.42. The van der Waals surface area contributed by atoms with E-state index in [2.05, 4.69) is 10.6 Å². The van der Waals surface area contributed by atoms with Gasteiger partial charge in [0.2, 0.25) is 5.60 Å². The Bertz CT molecular complexity index is 1940. The minimum atomic E-state index is -1.94. The number of alkyl carbamates (subject to hydrolysis) is 2. The maximum atomic E-state index is 13.8. The van der Waals surface area contributed by atoms with Crippen LogP contribution in [0, 0.1) is 0 Å². The molecule has 0 radical (unpaired) electrons. The Morgan fingerprint density at radius 2 is 1.55 bits per heavy atom. The Morgan fingerprint density at radius 3 is 2.16 bits per heavy atom. The highest BCUT2D eigenvalue weighted by Gasteiger charge is 2.50. The van der Waals surface area contributed by atoms with Crippen molar-refractivity contribution in [3.8, 4) is 17.1 Å². The van der Waals surface area contributed by atoms with E-state index in [0.717, 1.165) is 0 Å². The number of ether oxygens (including phenoxy) is 5. The van der Waals surface area contributed by atoms with Gasteiger partial charge in [-0.05, 0) is 78.3 Å². The van der Waals surface area contributed by atoms with Gasteiger partial charge in [-0.1, -0.05) is 6.92 Å². The maximum Gasteiger partial charge on any atom is 0.408 e. The summed E-state index contributed by atoms with van der Waals surface area (Å²) in [5, 5.41) is 5.29. The van der Waals surface area contributed by atoms with Gasteiger partial charge in [-0.3, -0.25) is 9.59 Å². The Hall–Kier alpha value is -5.47. The third-order valence-corrected chi connectivity index (χ3v) is 7.52. The highest BCUT2D eigenvalue weighted by molar-refractivity contribution is 5.90. The van der Waals surface area contributed by atoms with Crippen molar-refractivity contribution in [3.05, 3.63) is 57.4 Å². The monoisotopic (exact) mass is 678 g/mol. The molecule has 1 aromatic carbocycles. The zero-order valence-corrected chi connectivity index (χ0v) is 28.3.